The van der Waals surface area contributed by atoms with Crippen LogP contribution in [0.2, 0.25) is 0 Å². The number of rotatable bonds is 5. The summed E-state index contributed by atoms with van der Waals surface area (Å²) in [6.07, 6.45) is 0.785. The molecule has 20 heavy (non-hydrogen) atoms. The largest absolute Gasteiger partial charge is 0.478 e. The van der Waals surface area contributed by atoms with Crippen molar-refractivity contribution in [3.8, 4) is 0 Å². The molecular formula is C16H15NO3. The number of aryl methyl sites for hydroxylation is 1. The van der Waals surface area contributed by atoms with Crippen LogP contribution in [0.3, 0.4) is 0 Å². The van der Waals surface area contributed by atoms with Gasteiger partial charge in [-0.2, -0.15) is 0 Å². The molecule has 1 amide bonds. The van der Waals surface area contributed by atoms with E-state index in [-0.39, 0.29) is 5.56 Å². The third-order valence-corrected chi connectivity index (χ3v) is 3.11. The van der Waals surface area contributed by atoms with E-state index in [9.17, 15) is 9.59 Å². The van der Waals surface area contributed by atoms with Crippen molar-refractivity contribution in [1.82, 2.24) is 0 Å². The molecule has 4 heteroatoms. The Morgan fingerprint density at radius 3 is 2.35 bits per heavy atom. The Balaban J connectivity index is 2.20. The standard InChI is InChI=1S/C16H15NO3/c1-12-4-2-3-5-15(12)17(11-18)10-13-6-8-14(9-7-13)16(19)20/h2-9,11H,10H2,1H3,(H,19,20). The summed E-state index contributed by atoms with van der Waals surface area (Å²) >= 11 is 0. The van der Waals surface area contributed by atoms with Crippen molar-refractivity contribution in [2.24, 2.45) is 0 Å². The number of carboxylic acid groups (broad SMARTS) is 1. The van der Waals surface area contributed by atoms with Crippen LogP contribution in [-0.2, 0) is 11.3 Å². The molecule has 0 unspecified atom stereocenters. The number of carbonyl (C=O) groups excluding carboxylic acids is 1. The van der Waals surface area contributed by atoms with E-state index >= 15 is 0 Å². The molecule has 0 saturated carbocycles. The maximum atomic E-state index is 11.3. The van der Waals surface area contributed by atoms with E-state index in [0.29, 0.717) is 6.54 Å². The minimum atomic E-state index is -0.956. The van der Waals surface area contributed by atoms with Crippen LogP contribution < -0.4 is 4.90 Å². The Labute approximate surface area is 117 Å². The third-order valence-electron chi connectivity index (χ3n) is 3.11. The van der Waals surface area contributed by atoms with Crippen molar-refractivity contribution >= 4 is 18.1 Å². The summed E-state index contributed by atoms with van der Waals surface area (Å²) in [4.78, 5) is 23.7. The van der Waals surface area contributed by atoms with Crippen molar-refractivity contribution in [2.45, 2.75) is 13.5 Å². The molecule has 0 aliphatic carbocycles. The molecule has 0 aliphatic heterocycles. The van der Waals surface area contributed by atoms with E-state index in [1.54, 1.807) is 29.2 Å². The highest BCUT2D eigenvalue weighted by Gasteiger charge is 2.09. The van der Waals surface area contributed by atoms with Gasteiger partial charge in [0.2, 0.25) is 6.41 Å². The molecule has 0 fully saturated rings. The lowest BCUT2D eigenvalue weighted by Crippen LogP contribution is -2.21. The number of aromatic carboxylic acids is 1. The Bertz CT molecular complexity index is 620. The lowest BCUT2D eigenvalue weighted by Gasteiger charge is -2.19. The number of hydrogen-bond donors (Lipinski definition) is 1. The summed E-state index contributed by atoms with van der Waals surface area (Å²) < 4.78 is 0. The Hall–Kier alpha value is -2.62. The van der Waals surface area contributed by atoms with E-state index in [4.69, 9.17) is 5.11 Å². The summed E-state index contributed by atoms with van der Waals surface area (Å²) in [5.74, 6) is -0.956. The van der Waals surface area contributed by atoms with Crippen LogP contribution in [0, 0.1) is 6.92 Å². The first kappa shape index (κ1) is 13.8. The molecule has 0 spiro atoms. The van der Waals surface area contributed by atoms with Crippen LogP contribution in [-0.4, -0.2) is 17.5 Å². The van der Waals surface area contributed by atoms with Crippen molar-refractivity contribution < 1.29 is 14.7 Å². The second-order valence-electron chi connectivity index (χ2n) is 4.52. The third kappa shape index (κ3) is 3.03. The predicted octanol–water partition coefficient (Wildman–Crippen LogP) is 2.86. The Kier molecular flexibility index (Phi) is 4.15. The highest BCUT2D eigenvalue weighted by molar-refractivity contribution is 5.87. The summed E-state index contributed by atoms with van der Waals surface area (Å²) in [7, 11) is 0. The second kappa shape index (κ2) is 6.02. The quantitative estimate of drug-likeness (QED) is 0.849. The zero-order valence-corrected chi connectivity index (χ0v) is 11.1. The van der Waals surface area contributed by atoms with Gasteiger partial charge in [0.25, 0.3) is 0 Å². The number of anilines is 1. The SMILES string of the molecule is Cc1ccccc1N(C=O)Cc1ccc(C(=O)O)cc1. The number of hydrogen-bond acceptors (Lipinski definition) is 2. The second-order valence-corrected chi connectivity index (χ2v) is 4.52. The zero-order valence-electron chi connectivity index (χ0n) is 11.1. The van der Waals surface area contributed by atoms with Crippen molar-refractivity contribution in [3.63, 3.8) is 0 Å². The molecule has 2 aromatic carbocycles. The summed E-state index contributed by atoms with van der Waals surface area (Å²) in [6.45, 7) is 2.35. The topological polar surface area (TPSA) is 57.6 Å². The van der Waals surface area contributed by atoms with E-state index in [0.717, 1.165) is 23.2 Å². The number of benzene rings is 2. The molecule has 0 radical (unpaired) electrons. The molecule has 0 heterocycles. The summed E-state index contributed by atoms with van der Waals surface area (Å²) in [5, 5.41) is 8.85. The average Bonchev–Trinajstić information content (AvgIpc) is 2.46. The maximum absolute atomic E-state index is 11.3. The number of amides is 1. The molecule has 0 saturated heterocycles. The van der Waals surface area contributed by atoms with Crippen molar-refractivity contribution in [2.75, 3.05) is 4.90 Å². The molecule has 4 nitrogen and oxygen atoms in total. The molecule has 1 N–H and O–H groups in total. The van der Waals surface area contributed by atoms with Gasteiger partial charge in [0.15, 0.2) is 0 Å². The van der Waals surface area contributed by atoms with Gasteiger partial charge < -0.3 is 10.0 Å². The number of carbonyl (C=O) groups is 2. The van der Waals surface area contributed by atoms with Crippen LogP contribution in [0.25, 0.3) is 0 Å². The predicted molar refractivity (Wildman–Crippen MR) is 76.8 cm³/mol. The van der Waals surface area contributed by atoms with Gasteiger partial charge >= 0.3 is 5.97 Å². The lowest BCUT2D eigenvalue weighted by molar-refractivity contribution is -0.107. The molecule has 0 aromatic heterocycles. The van der Waals surface area contributed by atoms with Crippen LogP contribution >= 0.6 is 0 Å². The summed E-state index contributed by atoms with van der Waals surface area (Å²) in [5.41, 5.74) is 2.99. The van der Waals surface area contributed by atoms with Gasteiger partial charge in [-0.1, -0.05) is 30.3 Å². The molecule has 2 rings (SSSR count). The van der Waals surface area contributed by atoms with Gasteiger partial charge in [0.05, 0.1) is 12.1 Å². The molecule has 0 bridgehead atoms. The first-order valence-corrected chi connectivity index (χ1v) is 6.21. The first-order chi connectivity index (χ1) is 9.61. The Morgan fingerprint density at radius 2 is 1.80 bits per heavy atom. The van der Waals surface area contributed by atoms with Gasteiger partial charge in [0.1, 0.15) is 0 Å². The van der Waals surface area contributed by atoms with E-state index in [1.807, 2.05) is 31.2 Å². The lowest BCUT2D eigenvalue weighted by atomic mass is 10.1. The molecule has 2 aromatic rings. The van der Waals surface area contributed by atoms with Crippen LogP contribution in [0.5, 0.6) is 0 Å². The fraction of sp³-hybridized carbons (Fsp3) is 0.125. The van der Waals surface area contributed by atoms with E-state index in [2.05, 4.69) is 0 Å². The van der Waals surface area contributed by atoms with Gasteiger partial charge in [-0.05, 0) is 36.2 Å². The highest BCUT2D eigenvalue weighted by atomic mass is 16.4. The number of carboxylic acids is 1. The number of para-hydroxylation sites is 1. The van der Waals surface area contributed by atoms with Gasteiger partial charge in [-0.15, -0.1) is 0 Å². The van der Waals surface area contributed by atoms with Crippen LogP contribution in [0.15, 0.2) is 48.5 Å². The van der Waals surface area contributed by atoms with Crippen molar-refractivity contribution in [3.05, 3.63) is 65.2 Å². The van der Waals surface area contributed by atoms with Gasteiger partial charge in [0, 0.05) is 5.69 Å². The van der Waals surface area contributed by atoms with Crippen LogP contribution in [0.1, 0.15) is 21.5 Å². The van der Waals surface area contributed by atoms with Crippen molar-refractivity contribution in [1.29, 1.82) is 0 Å². The first-order valence-electron chi connectivity index (χ1n) is 6.21. The fourth-order valence-corrected chi connectivity index (χ4v) is 2.01. The molecule has 0 aliphatic rings. The van der Waals surface area contributed by atoms with Gasteiger partial charge in [-0.3, -0.25) is 4.79 Å². The summed E-state index contributed by atoms with van der Waals surface area (Å²) in [6, 6.07) is 14.2. The fourth-order valence-electron chi connectivity index (χ4n) is 2.01. The molecular weight excluding hydrogens is 254 g/mol. The van der Waals surface area contributed by atoms with E-state index in [1.165, 1.54) is 0 Å². The zero-order chi connectivity index (χ0) is 14.5. The average molecular weight is 269 g/mol. The Morgan fingerprint density at radius 1 is 1.15 bits per heavy atom. The number of nitrogens with zero attached hydrogens (tertiary/aromatic N) is 1. The minimum Gasteiger partial charge on any atom is -0.478 e. The maximum Gasteiger partial charge on any atom is 0.335 e. The monoisotopic (exact) mass is 269 g/mol. The minimum absolute atomic E-state index is 0.238. The van der Waals surface area contributed by atoms with E-state index < -0.39 is 5.97 Å². The highest BCUT2D eigenvalue weighted by Crippen LogP contribution is 2.20. The smallest absolute Gasteiger partial charge is 0.335 e. The van der Waals surface area contributed by atoms with Crippen LogP contribution in [0.4, 0.5) is 5.69 Å². The normalized spacial score (nSPS) is 10.1. The molecule has 0 atom stereocenters. The molecule has 102 valence electrons. The van der Waals surface area contributed by atoms with Gasteiger partial charge in [-0.25, -0.2) is 4.79 Å².